The van der Waals surface area contributed by atoms with Crippen LogP contribution in [0.4, 0.5) is 10.5 Å². The van der Waals surface area contributed by atoms with Gasteiger partial charge >= 0.3 is 6.09 Å². The summed E-state index contributed by atoms with van der Waals surface area (Å²) in [6.07, 6.45) is 4.08. The van der Waals surface area contributed by atoms with Crippen LogP contribution >= 0.6 is 0 Å². The Bertz CT molecular complexity index is 333. The van der Waals surface area contributed by atoms with E-state index >= 15 is 0 Å². The second-order valence-electron chi connectivity index (χ2n) is 4.19. The lowest BCUT2D eigenvalue weighted by Crippen LogP contribution is -2.14. The van der Waals surface area contributed by atoms with Gasteiger partial charge in [-0.3, -0.25) is 5.32 Å². The number of rotatable bonds is 6. The molecule has 1 aromatic rings. The van der Waals surface area contributed by atoms with Crippen molar-refractivity contribution in [3.63, 3.8) is 0 Å². The molecule has 0 aliphatic carbocycles. The van der Waals surface area contributed by atoms with Crippen LogP contribution in [0, 0.1) is 6.92 Å². The van der Waals surface area contributed by atoms with E-state index in [1.807, 2.05) is 31.2 Å². The maximum atomic E-state index is 11.4. The van der Waals surface area contributed by atoms with Crippen molar-refractivity contribution in [2.45, 2.75) is 39.5 Å². The molecule has 0 saturated carbocycles. The predicted octanol–water partition coefficient (Wildman–Crippen LogP) is 4.12. The largest absolute Gasteiger partial charge is 0.449 e. The topological polar surface area (TPSA) is 38.3 Å². The summed E-state index contributed by atoms with van der Waals surface area (Å²) in [6.45, 7) is 4.67. The van der Waals surface area contributed by atoms with Crippen molar-refractivity contribution in [1.29, 1.82) is 0 Å². The van der Waals surface area contributed by atoms with Gasteiger partial charge in [-0.2, -0.15) is 0 Å². The highest BCUT2D eigenvalue weighted by Gasteiger charge is 2.01. The fourth-order valence-corrected chi connectivity index (χ4v) is 1.48. The Labute approximate surface area is 103 Å². The van der Waals surface area contributed by atoms with Gasteiger partial charge in [0.2, 0.25) is 0 Å². The van der Waals surface area contributed by atoms with Crippen LogP contribution in [0.15, 0.2) is 24.3 Å². The van der Waals surface area contributed by atoms with Crippen molar-refractivity contribution in [1.82, 2.24) is 0 Å². The summed E-state index contributed by atoms with van der Waals surface area (Å²) < 4.78 is 5.07. The predicted molar refractivity (Wildman–Crippen MR) is 70.3 cm³/mol. The number of anilines is 1. The number of amides is 1. The standard InChI is InChI=1S/C14H21NO2/c1-3-4-5-6-11-17-14(16)15-13-9-7-12(2)8-10-13/h7-10H,3-6,11H2,1-2H3,(H,15,16). The summed E-state index contributed by atoms with van der Waals surface area (Å²) >= 11 is 0. The number of benzene rings is 1. The van der Waals surface area contributed by atoms with Gasteiger partial charge in [0.25, 0.3) is 0 Å². The Morgan fingerprint density at radius 1 is 1.18 bits per heavy atom. The lowest BCUT2D eigenvalue weighted by atomic mass is 10.2. The van der Waals surface area contributed by atoms with Crippen LogP contribution in [0.25, 0.3) is 0 Å². The van der Waals surface area contributed by atoms with Gasteiger partial charge in [-0.15, -0.1) is 0 Å². The molecular weight excluding hydrogens is 214 g/mol. The summed E-state index contributed by atoms with van der Waals surface area (Å²) in [4.78, 5) is 11.4. The van der Waals surface area contributed by atoms with E-state index in [1.165, 1.54) is 18.4 Å². The molecule has 0 aliphatic heterocycles. The zero-order chi connectivity index (χ0) is 12.5. The fourth-order valence-electron chi connectivity index (χ4n) is 1.48. The average molecular weight is 235 g/mol. The van der Waals surface area contributed by atoms with Crippen LogP contribution in [0.3, 0.4) is 0 Å². The maximum Gasteiger partial charge on any atom is 0.411 e. The van der Waals surface area contributed by atoms with Crippen molar-refractivity contribution >= 4 is 11.8 Å². The zero-order valence-corrected chi connectivity index (χ0v) is 10.7. The highest BCUT2D eigenvalue weighted by atomic mass is 16.5. The molecular formula is C14H21NO2. The van der Waals surface area contributed by atoms with Crippen LogP contribution in [-0.2, 0) is 4.74 Å². The van der Waals surface area contributed by atoms with Gasteiger partial charge in [-0.1, -0.05) is 43.9 Å². The molecule has 0 bridgehead atoms. The van der Waals surface area contributed by atoms with Gasteiger partial charge in [0.05, 0.1) is 6.61 Å². The molecule has 17 heavy (non-hydrogen) atoms. The molecule has 1 amide bonds. The first kappa shape index (κ1) is 13.6. The zero-order valence-electron chi connectivity index (χ0n) is 10.7. The normalized spacial score (nSPS) is 10.0. The summed E-state index contributed by atoms with van der Waals surface area (Å²) in [6, 6.07) is 7.65. The highest BCUT2D eigenvalue weighted by molar-refractivity contribution is 5.84. The Hall–Kier alpha value is -1.51. The minimum atomic E-state index is -0.370. The summed E-state index contributed by atoms with van der Waals surface area (Å²) in [5.74, 6) is 0. The Morgan fingerprint density at radius 2 is 1.88 bits per heavy atom. The Morgan fingerprint density at radius 3 is 2.53 bits per heavy atom. The molecule has 3 heteroatoms. The summed E-state index contributed by atoms with van der Waals surface area (Å²) in [5.41, 5.74) is 1.94. The van der Waals surface area contributed by atoms with E-state index in [1.54, 1.807) is 0 Å². The monoisotopic (exact) mass is 235 g/mol. The SMILES string of the molecule is CCCCCCOC(=O)Nc1ccc(C)cc1. The van der Waals surface area contributed by atoms with Crippen LogP contribution in [0.1, 0.15) is 38.2 Å². The first-order valence-electron chi connectivity index (χ1n) is 6.23. The quantitative estimate of drug-likeness (QED) is 0.753. The van der Waals surface area contributed by atoms with Crippen molar-refractivity contribution in [3.05, 3.63) is 29.8 Å². The number of hydrogen-bond donors (Lipinski definition) is 1. The first-order valence-corrected chi connectivity index (χ1v) is 6.23. The summed E-state index contributed by atoms with van der Waals surface area (Å²) in [5, 5.41) is 2.70. The average Bonchev–Trinajstić information content (AvgIpc) is 2.32. The van der Waals surface area contributed by atoms with E-state index < -0.39 is 0 Å². The second-order valence-corrected chi connectivity index (χ2v) is 4.19. The number of ether oxygens (including phenoxy) is 1. The summed E-state index contributed by atoms with van der Waals surface area (Å²) in [7, 11) is 0. The van der Waals surface area contributed by atoms with E-state index in [0.717, 1.165) is 18.5 Å². The van der Waals surface area contributed by atoms with Crippen molar-refractivity contribution < 1.29 is 9.53 Å². The third-order valence-electron chi connectivity index (χ3n) is 2.53. The molecule has 94 valence electrons. The number of nitrogens with one attached hydrogen (secondary N) is 1. The molecule has 0 heterocycles. The minimum absolute atomic E-state index is 0.370. The molecule has 0 fully saturated rings. The van der Waals surface area contributed by atoms with Crippen LogP contribution in [0.2, 0.25) is 0 Å². The molecule has 0 spiro atoms. The smallest absolute Gasteiger partial charge is 0.411 e. The first-order chi connectivity index (χ1) is 8.22. The number of aryl methyl sites for hydroxylation is 1. The van der Waals surface area contributed by atoms with Crippen molar-refractivity contribution in [3.8, 4) is 0 Å². The van der Waals surface area contributed by atoms with Crippen molar-refractivity contribution in [2.75, 3.05) is 11.9 Å². The van der Waals surface area contributed by atoms with E-state index in [2.05, 4.69) is 12.2 Å². The van der Waals surface area contributed by atoms with Gasteiger partial charge in [-0.05, 0) is 25.5 Å². The molecule has 1 rings (SSSR count). The van der Waals surface area contributed by atoms with Crippen LogP contribution in [0.5, 0.6) is 0 Å². The number of hydrogen-bond acceptors (Lipinski definition) is 2. The molecule has 0 saturated heterocycles. The Balaban J connectivity index is 2.18. The van der Waals surface area contributed by atoms with E-state index in [0.29, 0.717) is 6.61 Å². The third kappa shape index (κ3) is 5.95. The molecule has 0 unspecified atom stereocenters. The minimum Gasteiger partial charge on any atom is -0.449 e. The number of unbranched alkanes of at least 4 members (excludes halogenated alkanes) is 3. The van der Waals surface area contributed by atoms with Crippen molar-refractivity contribution in [2.24, 2.45) is 0 Å². The maximum absolute atomic E-state index is 11.4. The third-order valence-corrected chi connectivity index (χ3v) is 2.53. The molecule has 1 N–H and O–H groups in total. The number of carbonyl (C=O) groups excluding carboxylic acids is 1. The van der Waals surface area contributed by atoms with Gasteiger partial charge in [-0.25, -0.2) is 4.79 Å². The lowest BCUT2D eigenvalue weighted by Gasteiger charge is -2.06. The molecule has 0 aromatic heterocycles. The molecule has 0 radical (unpaired) electrons. The molecule has 0 aliphatic rings. The Kier molecular flexibility index (Phi) is 6.15. The number of carbonyl (C=O) groups is 1. The van der Waals surface area contributed by atoms with E-state index in [-0.39, 0.29) is 6.09 Å². The van der Waals surface area contributed by atoms with E-state index in [9.17, 15) is 4.79 Å². The molecule has 0 atom stereocenters. The highest BCUT2D eigenvalue weighted by Crippen LogP contribution is 2.09. The van der Waals surface area contributed by atoms with Gasteiger partial charge in [0.1, 0.15) is 0 Å². The van der Waals surface area contributed by atoms with Gasteiger partial charge in [0, 0.05) is 5.69 Å². The fraction of sp³-hybridized carbons (Fsp3) is 0.500. The van der Waals surface area contributed by atoms with Crippen LogP contribution in [-0.4, -0.2) is 12.7 Å². The second kappa shape index (κ2) is 7.71. The van der Waals surface area contributed by atoms with E-state index in [4.69, 9.17) is 4.74 Å². The lowest BCUT2D eigenvalue weighted by molar-refractivity contribution is 0.159. The van der Waals surface area contributed by atoms with Gasteiger partial charge in [0.15, 0.2) is 0 Å². The molecule has 1 aromatic carbocycles. The molecule has 3 nitrogen and oxygen atoms in total. The van der Waals surface area contributed by atoms with Gasteiger partial charge < -0.3 is 4.74 Å². The van der Waals surface area contributed by atoms with Crippen LogP contribution < -0.4 is 5.32 Å².